The quantitative estimate of drug-likeness (QED) is 0.197. The molecule has 0 radical (unpaired) electrons. The van der Waals surface area contributed by atoms with Crippen molar-refractivity contribution in [3.8, 4) is 33.8 Å². The highest BCUT2D eigenvalue weighted by atomic mass is 35.5. The summed E-state index contributed by atoms with van der Waals surface area (Å²) in [6.07, 6.45) is 0. The van der Waals surface area contributed by atoms with Crippen molar-refractivity contribution in [2.45, 2.75) is 13.2 Å². The third-order valence-electron chi connectivity index (χ3n) is 6.24. The molecule has 0 amide bonds. The number of hydrogen-bond acceptors (Lipinski definition) is 3. The highest BCUT2D eigenvalue weighted by Gasteiger charge is 2.17. The van der Waals surface area contributed by atoms with Crippen LogP contribution in [0.2, 0.25) is 10.0 Å². The second kappa shape index (κ2) is 12.1. The number of benzene rings is 5. The van der Waals surface area contributed by atoms with Crippen LogP contribution in [0.1, 0.15) is 21.5 Å². The molecule has 0 aliphatic rings. The third-order valence-corrected chi connectivity index (χ3v) is 6.78. The fraction of sp³-hybridized carbons (Fsp3) is 0.0606. The van der Waals surface area contributed by atoms with Gasteiger partial charge in [0, 0.05) is 16.1 Å². The van der Waals surface area contributed by atoms with Crippen LogP contribution in [0.25, 0.3) is 22.3 Å². The van der Waals surface area contributed by atoms with E-state index in [-0.39, 0.29) is 12.2 Å². The highest BCUT2D eigenvalue weighted by Crippen LogP contribution is 2.43. The van der Waals surface area contributed by atoms with Gasteiger partial charge < -0.3 is 14.6 Å². The second-order valence-corrected chi connectivity index (χ2v) is 9.74. The first-order chi connectivity index (χ1) is 19.0. The fourth-order valence-corrected chi connectivity index (χ4v) is 4.74. The largest absolute Gasteiger partial charge is 0.489 e. The van der Waals surface area contributed by atoms with Crippen LogP contribution in [0.15, 0.2) is 115 Å². The predicted octanol–water partition coefficient (Wildman–Crippen LogP) is 9.18. The molecule has 0 fully saturated rings. The van der Waals surface area contributed by atoms with Crippen molar-refractivity contribution in [3.05, 3.63) is 142 Å². The van der Waals surface area contributed by atoms with E-state index in [0.717, 1.165) is 39.1 Å². The molecule has 0 aromatic heterocycles. The fourth-order valence-electron chi connectivity index (χ4n) is 4.24. The number of hydrogen-bond donors (Lipinski definition) is 1. The lowest BCUT2D eigenvalue weighted by Crippen LogP contribution is -2.00. The first kappa shape index (κ1) is 26.4. The van der Waals surface area contributed by atoms with Gasteiger partial charge in [0.2, 0.25) is 0 Å². The van der Waals surface area contributed by atoms with Crippen molar-refractivity contribution in [2.24, 2.45) is 0 Å². The Bertz CT molecular complexity index is 1580. The average molecular weight is 555 g/mol. The zero-order valence-electron chi connectivity index (χ0n) is 20.8. The monoisotopic (exact) mass is 554 g/mol. The van der Waals surface area contributed by atoms with E-state index in [4.69, 9.17) is 37.8 Å². The number of carboxylic acids is 1. The summed E-state index contributed by atoms with van der Waals surface area (Å²) in [5.74, 6) is 0.445. The van der Waals surface area contributed by atoms with E-state index in [1.54, 1.807) is 36.4 Å². The van der Waals surface area contributed by atoms with Crippen LogP contribution in [0.5, 0.6) is 11.5 Å². The van der Waals surface area contributed by atoms with Gasteiger partial charge in [-0.05, 0) is 64.7 Å². The van der Waals surface area contributed by atoms with Gasteiger partial charge in [-0.1, -0.05) is 96.0 Å². The molecule has 5 rings (SSSR count). The smallest absolute Gasteiger partial charge is 0.335 e. The van der Waals surface area contributed by atoms with E-state index in [2.05, 4.69) is 0 Å². The van der Waals surface area contributed by atoms with Crippen molar-refractivity contribution >= 4 is 29.2 Å². The van der Waals surface area contributed by atoms with Crippen LogP contribution in [0, 0.1) is 0 Å². The molecule has 1 N–H and O–H groups in total. The minimum Gasteiger partial charge on any atom is -0.489 e. The SMILES string of the molecule is O=C(O)c1ccc(COc2cccc(-c3ccc(OCc4ccccc4)cc3)c2-c2ccc(Cl)cc2Cl)cc1. The summed E-state index contributed by atoms with van der Waals surface area (Å²) < 4.78 is 12.2. The Hall–Kier alpha value is -4.25. The van der Waals surface area contributed by atoms with E-state index in [0.29, 0.717) is 22.4 Å². The first-order valence-corrected chi connectivity index (χ1v) is 13.0. The summed E-state index contributed by atoms with van der Waals surface area (Å²) in [7, 11) is 0. The number of aromatic carboxylic acids is 1. The summed E-state index contributed by atoms with van der Waals surface area (Å²) in [6, 6.07) is 35.8. The molecular weight excluding hydrogens is 531 g/mol. The molecule has 0 aliphatic carbocycles. The van der Waals surface area contributed by atoms with E-state index >= 15 is 0 Å². The van der Waals surface area contributed by atoms with Gasteiger partial charge in [0.1, 0.15) is 24.7 Å². The maximum absolute atomic E-state index is 11.2. The van der Waals surface area contributed by atoms with Gasteiger partial charge >= 0.3 is 5.97 Å². The Morgan fingerprint density at radius 2 is 1.36 bits per heavy atom. The van der Waals surface area contributed by atoms with Crippen LogP contribution >= 0.6 is 23.2 Å². The summed E-state index contributed by atoms with van der Waals surface area (Å²) in [5, 5.41) is 10.2. The normalized spacial score (nSPS) is 10.7. The minimum atomic E-state index is -0.966. The van der Waals surface area contributed by atoms with Gasteiger partial charge in [-0.3, -0.25) is 0 Å². The number of ether oxygens (including phenoxy) is 2. The Morgan fingerprint density at radius 3 is 2.05 bits per heavy atom. The standard InChI is InChI=1S/C33H24Cl2O4/c34-26-15-18-29(30(35)19-26)32-28(24-13-16-27(17-14-24)38-20-22-5-2-1-3-6-22)7-4-8-31(32)39-21-23-9-11-25(12-10-23)33(36)37/h1-19H,20-21H2,(H,36,37). The van der Waals surface area contributed by atoms with Crippen LogP contribution in [-0.2, 0) is 13.2 Å². The van der Waals surface area contributed by atoms with Crippen LogP contribution in [0.4, 0.5) is 0 Å². The van der Waals surface area contributed by atoms with E-state index in [1.165, 1.54) is 0 Å². The molecule has 0 atom stereocenters. The first-order valence-electron chi connectivity index (χ1n) is 12.3. The van der Waals surface area contributed by atoms with Crippen LogP contribution in [-0.4, -0.2) is 11.1 Å². The molecule has 0 aliphatic heterocycles. The second-order valence-electron chi connectivity index (χ2n) is 8.89. The molecule has 0 saturated carbocycles. The third kappa shape index (κ3) is 6.43. The van der Waals surface area contributed by atoms with Gasteiger partial charge in [0.05, 0.1) is 10.6 Å². The van der Waals surface area contributed by atoms with Gasteiger partial charge in [-0.25, -0.2) is 4.79 Å². The molecule has 0 bridgehead atoms. The van der Waals surface area contributed by atoms with E-state index in [9.17, 15) is 4.79 Å². The molecule has 0 spiro atoms. The molecular formula is C33H24Cl2O4. The Balaban J connectivity index is 1.46. The maximum atomic E-state index is 11.2. The number of carbonyl (C=O) groups is 1. The van der Waals surface area contributed by atoms with Gasteiger partial charge in [-0.15, -0.1) is 0 Å². The van der Waals surface area contributed by atoms with Crippen molar-refractivity contribution in [3.63, 3.8) is 0 Å². The summed E-state index contributed by atoms with van der Waals surface area (Å²) in [5.41, 5.74) is 5.70. The lowest BCUT2D eigenvalue weighted by atomic mass is 9.93. The van der Waals surface area contributed by atoms with Gasteiger partial charge in [0.25, 0.3) is 0 Å². The lowest BCUT2D eigenvalue weighted by Gasteiger charge is -2.18. The topological polar surface area (TPSA) is 55.8 Å². The minimum absolute atomic E-state index is 0.227. The molecule has 5 aromatic carbocycles. The number of halogens is 2. The molecule has 0 heterocycles. The van der Waals surface area contributed by atoms with Crippen molar-refractivity contribution < 1.29 is 19.4 Å². The molecule has 0 unspecified atom stereocenters. The Labute approximate surface area is 237 Å². The van der Waals surface area contributed by atoms with E-state index < -0.39 is 5.97 Å². The summed E-state index contributed by atoms with van der Waals surface area (Å²) in [6.45, 7) is 0.746. The van der Waals surface area contributed by atoms with Crippen molar-refractivity contribution in [1.29, 1.82) is 0 Å². The summed E-state index contributed by atoms with van der Waals surface area (Å²) in [4.78, 5) is 11.2. The number of rotatable bonds is 9. The van der Waals surface area contributed by atoms with Gasteiger partial charge in [0.15, 0.2) is 0 Å². The Morgan fingerprint density at radius 1 is 0.667 bits per heavy atom. The molecule has 4 nitrogen and oxygen atoms in total. The Kier molecular flexibility index (Phi) is 8.16. The molecule has 39 heavy (non-hydrogen) atoms. The van der Waals surface area contributed by atoms with Crippen LogP contribution in [0.3, 0.4) is 0 Å². The van der Waals surface area contributed by atoms with Crippen molar-refractivity contribution in [1.82, 2.24) is 0 Å². The van der Waals surface area contributed by atoms with Gasteiger partial charge in [-0.2, -0.15) is 0 Å². The molecule has 0 saturated heterocycles. The number of carboxylic acid groups (broad SMARTS) is 1. The molecule has 6 heteroatoms. The lowest BCUT2D eigenvalue weighted by molar-refractivity contribution is 0.0697. The zero-order valence-corrected chi connectivity index (χ0v) is 22.3. The zero-order chi connectivity index (χ0) is 27.2. The van der Waals surface area contributed by atoms with Crippen molar-refractivity contribution in [2.75, 3.05) is 0 Å². The van der Waals surface area contributed by atoms with E-state index in [1.807, 2.05) is 78.9 Å². The maximum Gasteiger partial charge on any atom is 0.335 e. The predicted molar refractivity (Wildman–Crippen MR) is 156 cm³/mol. The summed E-state index contributed by atoms with van der Waals surface area (Å²) >= 11 is 12.9. The highest BCUT2D eigenvalue weighted by molar-refractivity contribution is 6.36. The molecule has 5 aromatic rings. The average Bonchev–Trinajstić information content (AvgIpc) is 2.96. The van der Waals surface area contributed by atoms with Crippen LogP contribution < -0.4 is 9.47 Å². The molecule has 194 valence electrons.